The zero-order chi connectivity index (χ0) is 55.0. The van der Waals surface area contributed by atoms with E-state index in [1.807, 2.05) is 112 Å². The molecule has 9 fully saturated rings. The molecule has 0 saturated carbocycles. The van der Waals surface area contributed by atoms with Crippen LogP contribution in [0, 0.1) is 17.8 Å². The number of hydrogen-bond acceptors (Lipinski definition) is 12. The molecule has 444 valence electrons. The lowest BCUT2D eigenvalue weighted by Gasteiger charge is -2.52. The molecule has 0 spiro atoms. The van der Waals surface area contributed by atoms with Gasteiger partial charge in [-0.25, -0.2) is 0 Å². The number of allylic oxidation sites excluding steroid dienone is 1. The molecule has 0 radical (unpaired) electrons. The first-order valence-corrected chi connectivity index (χ1v) is 33.9. The van der Waals surface area contributed by atoms with E-state index < -0.39 is 5.41 Å². The number of hydrogen-bond donors (Lipinski definition) is 0. The Morgan fingerprint density at radius 2 is 0.854 bits per heavy atom. The van der Waals surface area contributed by atoms with Gasteiger partial charge in [-0.05, 0) is 102 Å². The molecule has 0 aromatic carbocycles. The fourth-order valence-corrected chi connectivity index (χ4v) is 19.1. The fraction of sp³-hybridized carbons (Fsp3) is 0.484. The van der Waals surface area contributed by atoms with Crippen molar-refractivity contribution in [2.75, 3.05) is 78.5 Å². The van der Waals surface area contributed by atoms with Gasteiger partial charge in [-0.1, -0.05) is 61.2 Å². The van der Waals surface area contributed by atoms with Crippen LogP contribution < -0.4 is 50.9 Å². The molecule has 0 aliphatic carbocycles. The Morgan fingerprint density at radius 3 is 1.17 bits per heavy atom. The number of piperidine rings is 9. The van der Waals surface area contributed by atoms with E-state index in [4.69, 9.17) is 14.2 Å². The van der Waals surface area contributed by atoms with Crippen LogP contribution in [0.15, 0.2) is 142 Å². The smallest absolute Gasteiger partial charge is 0.322 e. The summed E-state index contributed by atoms with van der Waals surface area (Å²) in [6.07, 6.45) is 14.7. The van der Waals surface area contributed by atoms with E-state index >= 15 is 0 Å². The van der Waals surface area contributed by atoms with Crippen LogP contribution in [0.5, 0.6) is 0 Å². The molecule has 15 rings (SSSR count). The van der Waals surface area contributed by atoms with Gasteiger partial charge in [0.1, 0.15) is 36.9 Å². The Kier molecular flexibility index (Phi) is 24.5. The predicted octanol–water partition coefficient (Wildman–Crippen LogP) is 5.20. The highest BCUT2D eigenvalue weighted by Crippen LogP contribution is 2.44. The number of nitrogens with zero attached hydrogens (tertiary/aromatic N) is 3. The number of fused-ring (bicyclic) bond motifs is 9. The lowest BCUT2D eigenvalue weighted by molar-refractivity contribution is -0.945. The molecular formula is C64H80Br3N3O6S6. The Bertz CT molecular complexity index is 2820. The Hall–Kier alpha value is -2.85. The minimum atomic E-state index is -0.711. The number of quaternary nitrogens is 3. The molecule has 0 unspecified atom stereocenters. The largest absolute Gasteiger partial charge is 1.00 e. The second-order valence-electron chi connectivity index (χ2n) is 23.6. The van der Waals surface area contributed by atoms with Gasteiger partial charge in [0.05, 0.1) is 58.9 Å². The van der Waals surface area contributed by atoms with Crippen molar-refractivity contribution >= 4 is 85.9 Å². The molecule has 82 heavy (non-hydrogen) atoms. The molecule has 9 saturated heterocycles. The molecule has 9 nitrogen and oxygen atoms in total. The number of carbonyl (C=O) groups is 3. The molecule has 0 amide bonds. The van der Waals surface area contributed by atoms with Crippen LogP contribution in [-0.4, -0.2) is 128 Å². The Labute approximate surface area is 542 Å². The van der Waals surface area contributed by atoms with E-state index in [0.717, 1.165) is 108 Å². The van der Waals surface area contributed by atoms with Gasteiger partial charge in [0.2, 0.25) is 0 Å². The van der Waals surface area contributed by atoms with Crippen LogP contribution in [-0.2, 0) is 34.0 Å². The number of ether oxygens (including phenoxy) is 3. The zero-order valence-electron chi connectivity index (χ0n) is 47.5. The van der Waals surface area contributed by atoms with E-state index in [1.165, 1.54) is 64.2 Å². The Balaban J connectivity index is 0.000000174. The fourth-order valence-electron chi connectivity index (χ4n) is 13.8. The van der Waals surface area contributed by atoms with Gasteiger partial charge in [0, 0.05) is 92.0 Å². The molecule has 6 aromatic rings. The average Bonchev–Trinajstić information content (AvgIpc) is 4.43. The van der Waals surface area contributed by atoms with Crippen molar-refractivity contribution in [2.45, 2.75) is 101 Å². The predicted molar refractivity (Wildman–Crippen MR) is 327 cm³/mol. The maximum atomic E-state index is 13.4. The second-order valence-corrected chi connectivity index (χ2v) is 29.4. The summed E-state index contributed by atoms with van der Waals surface area (Å²) in [7, 11) is 0. The topological polar surface area (TPSA) is 78.9 Å². The quantitative estimate of drug-likeness (QED) is 0.0482. The summed E-state index contributed by atoms with van der Waals surface area (Å²) in [6.45, 7) is 27.5. The lowest BCUT2D eigenvalue weighted by atomic mass is 9.82. The van der Waals surface area contributed by atoms with Gasteiger partial charge in [-0.15, -0.1) is 68.0 Å². The highest BCUT2D eigenvalue weighted by Gasteiger charge is 2.51. The third-order valence-corrected chi connectivity index (χ3v) is 24.3. The number of carbonyl (C=O) groups excluding carboxylic acids is 3. The SMILES string of the molecule is C=CC[N+]12CCC(CC1)[C@@H](OC(=O)C(C)(c1cccs1)c1cccs1)C2.C=CC[N+]12CCC(CC1)[C@@H](OC(=O)C(c1cccs1)c1cccs1)C2.CC(C)=CCC[N+]12CCC(CC1)[C@@H](OC(=O)C(c1cccs1)c1cccs1)C2.[Br-].[Br-].[Br-]. The van der Waals surface area contributed by atoms with E-state index in [2.05, 4.69) is 45.2 Å². The standard InChI is InChI=1S/C23H30NO2S2.C21H26NO2S2.C20H24NO2S2.3BrH/c1-17(2)6-3-11-24-12-9-18(10-13-24)19(16-24)26-23(25)22(20-7-4-14-27-20)21-8-5-15-28-21;1-3-10-22-11-8-16(9-12-22)17(15-22)24-20(23)21(2,18-6-4-13-25-18)19-7-5-14-26-19;1-2-9-21-10-7-15(8-11-21)16(14-21)23-20(22)19(17-5-3-12-24-17)18-6-4-13-25-18;;;/h4-8,14-15,18-19,22H,3,9-13,16H2,1-2H3;3-7,13-14,16-17H,1,8-12,15H2,2H3;2-6,12-13,15-16,19H,1,7-11,14H2;3*1H/q3*+1;;;/p-3/t18?,19-,24?;16?,17-,22?;15?,16-,21?;;;/m000.../s1. The summed E-state index contributed by atoms with van der Waals surface area (Å²) in [5, 5.41) is 12.2. The van der Waals surface area contributed by atoms with Crippen molar-refractivity contribution in [3.05, 3.63) is 171 Å². The third kappa shape index (κ3) is 15.3. The highest BCUT2D eigenvalue weighted by atomic mass is 79.9. The summed E-state index contributed by atoms with van der Waals surface area (Å²) in [5.41, 5.74) is 0.681. The van der Waals surface area contributed by atoms with Crippen molar-refractivity contribution in [3.8, 4) is 0 Å². The van der Waals surface area contributed by atoms with Gasteiger partial charge >= 0.3 is 17.9 Å². The van der Waals surface area contributed by atoms with E-state index in [-0.39, 0.29) is 99.0 Å². The van der Waals surface area contributed by atoms with Gasteiger partial charge in [-0.3, -0.25) is 14.4 Å². The van der Waals surface area contributed by atoms with Crippen LogP contribution in [0.25, 0.3) is 0 Å². The van der Waals surface area contributed by atoms with Crippen LogP contribution in [0.4, 0.5) is 0 Å². The Morgan fingerprint density at radius 1 is 0.524 bits per heavy atom. The number of thiophene rings is 6. The molecule has 0 N–H and O–H groups in total. The van der Waals surface area contributed by atoms with E-state index in [1.54, 1.807) is 68.0 Å². The molecule has 9 aliphatic heterocycles. The van der Waals surface area contributed by atoms with Crippen LogP contribution >= 0.6 is 68.0 Å². The number of rotatable bonds is 19. The first kappa shape index (κ1) is 66.7. The van der Waals surface area contributed by atoms with Gasteiger partial charge < -0.3 is 78.6 Å². The molecule has 18 heteroatoms. The molecule has 3 atom stereocenters. The summed E-state index contributed by atoms with van der Waals surface area (Å²) >= 11 is 9.81. The van der Waals surface area contributed by atoms with Crippen molar-refractivity contribution in [2.24, 2.45) is 17.8 Å². The maximum Gasteiger partial charge on any atom is 0.322 e. The lowest BCUT2D eigenvalue weighted by Crippen LogP contribution is -3.00. The van der Waals surface area contributed by atoms with Gasteiger partial charge in [0.15, 0.2) is 18.3 Å². The first-order valence-electron chi connectivity index (χ1n) is 28.6. The van der Waals surface area contributed by atoms with E-state index in [0.29, 0.717) is 17.8 Å². The third-order valence-electron chi connectivity index (χ3n) is 18.3. The summed E-state index contributed by atoms with van der Waals surface area (Å²) in [4.78, 5) is 46.2. The van der Waals surface area contributed by atoms with Crippen LogP contribution in [0.3, 0.4) is 0 Å². The summed E-state index contributed by atoms with van der Waals surface area (Å²) in [6, 6.07) is 24.4. The maximum absolute atomic E-state index is 13.4. The van der Waals surface area contributed by atoms with Crippen molar-refractivity contribution in [1.29, 1.82) is 0 Å². The van der Waals surface area contributed by atoms with Gasteiger partial charge in [-0.2, -0.15) is 0 Å². The average molecular weight is 1420 g/mol. The number of esters is 3. The normalized spacial score (nSPS) is 26.5. The molecule has 6 bridgehead atoms. The molecule has 6 aromatic heterocycles. The van der Waals surface area contributed by atoms with Crippen LogP contribution in [0.2, 0.25) is 0 Å². The molecule has 9 aliphatic rings. The minimum Gasteiger partial charge on any atom is -1.00 e. The number of halogens is 3. The summed E-state index contributed by atoms with van der Waals surface area (Å²) < 4.78 is 21.8. The van der Waals surface area contributed by atoms with Crippen molar-refractivity contribution in [1.82, 2.24) is 0 Å². The second kappa shape index (κ2) is 30.2. The highest BCUT2D eigenvalue weighted by molar-refractivity contribution is 7.13. The zero-order valence-corrected chi connectivity index (χ0v) is 57.1. The van der Waals surface area contributed by atoms with Crippen molar-refractivity contribution in [3.63, 3.8) is 0 Å². The first-order chi connectivity index (χ1) is 38.3. The molecular weight excluding hydrogens is 1340 g/mol. The molecule has 15 heterocycles. The summed E-state index contributed by atoms with van der Waals surface area (Å²) in [5.74, 6) is 0.794. The van der Waals surface area contributed by atoms with E-state index in [9.17, 15) is 14.4 Å². The minimum absolute atomic E-state index is 0. The van der Waals surface area contributed by atoms with Crippen molar-refractivity contribution < 1.29 is 93.0 Å². The van der Waals surface area contributed by atoms with Gasteiger partial charge in [0.25, 0.3) is 0 Å². The van der Waals surface area contributed by atoms with Crippen LogP contribution in [0.1, 0.15) is 107 Å². The monoisotopic (exact) mass is 1420 g/mol.